The molecule has 0 saturated heterocycles. The van der Waals surface area contributed by atoms with Crippen LogP contribution in [-0.4, -0.2) is 24.5 Å². The third-order valence-corrected chi connectivity index (χ3v) is 3.93. The lowest BCUT2D eigenvalue weighted by atomic mass is 10.1. The van der Waals surface area contributed by atoms with Gasteiger partial charge < -0.3 is 15.4 Å². The first kappa shape index (κ1) is 21.1. The zero-order chi connectivity index (χ0) is 20.5. The van der Waals surface area contributed by atoms with Gasteiger partial charge in [-0.1, -0.05) is 37.3 Å². The molecule has 2 amide bonds. The van der Waals surface area contributed by atoms with E-state index in [1.165, 1.54) is 30.3 Å². The topological polar surface area (TPSA) is 67.4 Å². The van der Waals surface area contributed by atoms with E-state index >= 15 is 0 Å². The van der Waals surface area contributed by atoms with E-state index in [1.807, 2.05) is 13.8 Å². The molecule has 0 aromatic heterocycles. The number of alkyl halides is 2. The van der Waals surface area contributed by atoms with E-state index in [2.05, 4.69) is 15.4 Å². The van der Waals surface area contributed by atoms with Crippen molar-refractivity contribution in [3.8, 4) is 5.75 Å². The predicted molar refractivity (Wildman–Crippen MR) is 103 cm³/mol. The van der Waals surface area contributed by atoms with Crippen LogP contribution in [0.15, 0.2) is 60.3 Å². The zero-order valence-electron chi connectivity index (χ0n) is 15.6. The van der Waals surface area contributed by atoms with Crippen LogP contribution in [0.3, 0.4) is 0 Å². The predicted octanol–water partition coefficient (Wildman–Crippen LogP) is 3.97. The summed E-state index contributed by atoms with van der Waals surface area (Å²) in [4.78, 5) is 25.0. The van der Waals surface area contributed by atoms with Crippen molar-refractivity contribution >= 4 is 17.9 Å². The Bertz CT molecular complexity index is 821. The van der Waals surface area contributed by atoms with E-state index in [-0.39, 0.29) is 17.5 Å². The average molecular weight is 388 g/mol. The summed E-state index contributed by atoms with van der Waals surface area (Å²) in [5.74, 6) is -0.860. The van der Waals surface area contributed by atoms with Crippen molar-refractivity contribution in [3.63, 3.8) is 0 Å². The van der Waals surface area contributed by atoms with Gasteiger partial charge >= 0.3 is 6.61 Å². The highest BCUT2D eigenvalue weighted by molar-refractivity contribution is 6.05. The van der Waals surface area contributed by atoms with Crippen molar-refractivity contribution in [1.82, 2.24) is 10.6 Å². The third kappa shape index (κ3) is 6.50. The summed E-state index contributed by atoms with van der Waals surface area (Å²) < 4.78 is 28.8. The van der Waals surface area contributed by atoms with Crippen molar-refractivity contribution in [2.45, 2.75) is 32.9 Å². The van der Waals surface area contributed by atoms with Crippen molar-refractivity contribution in [3.05, 3.63) is 71.4 Å². The maximum atomic E-state index is 12.6. The molecule has 1 unspecified atom stereocenters. The van der Waals surface area contributed by atoms with E-state index < -0.39 is 18.4 Å². The number of hydrogen-bond acceptors (Lipinski definition) is 3. The number of benzene rings is 2. The number of carbonyl (C=O) groups is 2. The standard InChI is InChI=1S/C21H22F2N2O3/c1-3-14(2)24-20(27)18(25-19(26)16-7-5-4-6-8-16)13-15-9-11-17(12-10-15)28-21(22)23/h4-14,21H,3H2,1-2H3,(H,24,27)(H,25,26). The fraction of sp³-hybridized carbons (Fsp3) is 0.238. The largest absolute Gasteiger partial charge is 0.435 e. The van der Waals surface area contributed by atoms with Crippen molar-refractivity contribution in [2.24, 2.45) is 0 Å². The molecule has 7 heteroatoms. The Morgan fingerprint density at radius 3 is 2.29 bits per heavy atom. The minimum atomic E-state index is -2.91. The van der Waals surface area contributed by atoms with Gasteiger partial charge in [-0.2, -0.15) is 8.78 Å². The summed E-state index contributed by atoms with van der Waals surface area (Å²) in [5.41, 5.74) is 1.01. The molecule has 0 heterocycles. The lowest BCUT2D eigenvalue weighted by Gasteiger charge is -2.15. The number of amides is 2. The van der Waals surface area contributed by atoms with Gasteiger partial charge in [-0.25, -0.2) is 0 Å². The van der Waals surface area contributed by atoms with Crippen LogP contribution in [0.25, 0.3) is 6.08 Å². The van der Waals surface area contributed by atoms with Crippen molar-refractivity contribution < 1.29 is 23.1 Å². The summed E-state index contributed by atoms with van der Waals surface area (Å²) in [6.07, 6.45) is 2.20. The first-order valence-corrected chi connectivity index (χ1v) is 8.83. The summed E-state index contributed by atoms with van der Waals surface area (Å²) in [6, 6.07) is 14.2. The lowest BCUT2D eigenvalue weighted by molar-refractivity contribution is -0.118. The van der Waals surface area contributed by atoms with Crippen LogP contribution < -0.4 is 15.4 Å². The molecular weight excluding hydrogens is 366 g/mol. The molecule has 2 aromatic rings. The molecule has 2 aromatic carbocycles. The molecule has 5 nitrogen and oxygen atoms in total. The van der Waals surface area contributed by atoms with Crippen LogP contribution in [-0.2, 0) is 4.79 Å². The molecule has 0 saturated carbocycles. The van der Waals surface area contributed by atoms with Gasteiger partial charge in [0.05, 0.1) is 0 Å². The van der Waals surface area contributed by atoms with Gasteiger partial charge in [0.1, 0.15) is 11.4 Å². The maximum Gasteiger partial charge on any atom is 0.387 e. The van der Waals surface area contributed by atoms with Crippen LogP contribution in [0.1, 0.15) is 36.2 Å². The normalized spacial score (nSPS) is 12.4. The molecule has 0 aliphatic carbocycles. The first-order chi connectivity index (χ1) is 13.4. The number of ether oxygens (including phenoxy) is 1. The number of nitrogens with one attached hydrogen (secondary N) is 2. The summed E-state index contributed by atoms with van der Waals surface area (Å²) in [7, 11) is 0. The second-order valence-corrected chi connectivity index (χ2v) is 6.11. The van der Waals surface area contributed by atoms with Gasteiger partial charge in [0.2, 0.25) is 0 Å². The summed E-state index contributed by atoms with van der Waals surface area (Å²) in [6.45, 7) is 0.868. The fourth-order valence-electron chi connectivity index (χ4n) is 2.26. The Hall–Kier alpha value is -3.22. The Kier molecular flexibility index (Phi) is 7.68. The van der Waals surface area contributed by atoms with Gasteiger partial charge in [-0.3, -0.25) is 9.59 Å². The van der Waals surface area contributed by atoms with E-state index in [0.29, 0.717) is 11.1 Å². The third-order valence-electron chi connectivity index (χ3n) is 3.93. The molecule has 0 aliphatic heterocycles. The van der Waals surface area contributed by atoms with E-state index in [4.69, 9.17) is 0 Å². The number of halogens is 2. The monoisotopic (exact) mass is 388 g/mol. The fourth-order valence-corrected chi connectivity index (χ4v) is 2.26. The van der Waals surface area contributed by atoms with E-state index in [1.54, 1.807) is 30.3 Å². The molecule has 0 aliphatic rings. The van der Waals surface area contributed by atoms with Gasteiger partial charge in [0.15, 0.2) is 0 Å². The van der Waals surface area contributed by atoms with E-state index in [9.17, 15) is 18.4 Å². The maximum absolute atomic E-state index is 12.6. The highest BCUT2D eigenvalue weighted by atomic mass is 19.3. The van der Waals surface area contributed by atoms with Crippen molar-refractivity contribution in [1.29, 1.82) is 0 Å². The van der Waals surface area contributed by atoms with Gasteiger partial charge in [-0.05, 0) is 49.2 Å². The quantitative estimate of drug-likeness (QED) is 0.673. The molecule has 2 N–H and O–H groups in total. The van der Waals surface area contributed by atoms with Crippen LogP contribution in [0.4, 0.5) is 8.78 Å². The van der Waals surface area contributed by atoms with Gasteiger partial charge in [0, 0.05) is 11.6 Å². The Morgan fingerprint density at radius 1 is 1.07 bits per heavy atom. The van der Waals surface area contributed by atoms with Gasteiger partial charge in [-0.15, -0.1) is 0 Å². The number of rotatable bonds is 8. The second-order valence-electron chi connectivity index (χ2n) is 6.11. The Balaban J connectivity index is 2.25. The summed E-state index contributed by atoms with van der Waals surface area (Å²) >= 11 is 0. The van der Waals surface area contributed by atoms with Crippen LogP contribution in [0, 0.1) is 0 Å². The molecular formula is C21H22F2N2O3. The minimum absolute atomic E-state index is 0.00563. The molecule has 1 atom stereocenters. The SMILES string of the molecule is CCC(C)NC(=O)C(=Cc1ccc(OC(F)F)cc1)NC(=O)c1ccccc1. The molecule has 2 rings (SSSR count). The molecule has 0 bridgehead atoms. The molecule has 0 radical (unpaired) electrons. The molecule has 0 fully saturated rings. The molecule has 148 valence electrons. The number of hydrogen-bond donors (Lipinski definition) is 2. The first-order valence-electron chi connectivity index (χ1n) is 8.83. The zero-order valence-corrected chi connectivity index (χ0v) is 15.6. The smallest absolute Gasteiger partial charge is 0.387 e. The van der Waals surface area contributed by atoms with Crippen LogP contribution in [0.2, 0.25) is 0 Å². The number of carbonyl (C=O) groups excluding carboxylic acids is 2. The second kappa shape index (κ2) is 10.2. The molecule has 28 heavy (non-hydrogen) atoms. The van der Waals surface area contributed by atoms with Crippen LogP contribution in [0.5, 0.6) is 5.75 Å². The average Bonchev–Trinajstić information content (AvgIpc) is 2.68. The van der Waals surface area contributed by atoms with Crippen molar-refractivity contribution in [2.75, 3.05) is 0 Å². The van der Waals surface area contributed by atoms with E-state index in [0.717, 1.165) is 6.42 Å². The highest BCUT2D eigenvalue weighted by Gasteiger charge is 2.16. The lowest BCUT2D eigenvalue weighted by Crippen LogP contribution is -2.38. The van der Waals surface area contributed by atoms with Gasteiger partial charge in [0.25, 0.3) is 11.8 Å². The molecule has 0 spiro atoms. The Labute approximate surface area is 162 Å². The van der Waals surface area contributed by atoms with Crippen LogP contribution >= 0.6 is 0 Å². The summed E-state index contributed by atoms with van der Waals surface area (Å²) in [5, 5.41) is 5.42. The Morgan fingerprint density at radius 2 is 1.71 bits per heavy atom. The highest BCUT2D eigenvalue weighted by Crippen LogP contribution is 2.16. The minimum Gasteiger partial charge on any atom is -0.435 e.